The van der Waals surface area contributed by atoms with Gasteiger partial charge in [-0.1, -0.05) is 66.2 Å². The summed E-state index contributed by atoms with van der Waals surface area (Å²) in [5.41, 5.74) is 8.19. The molecule has 0 spiro atoms. The van der Waals surface area contributed by atoms with E-state index in [9.17, 15) is 4.79 Å². The first-order valence-electron chi connectivity index (χ1n) is 11.6. The van der Waals surface area contributed by atoms with E-state index in [0.29, 0.717) is 19.6 Å². The smallest absolute Gasteiger partial charge is 0.317 e. The van der Waals surface area contributed by atoms with Crippen LogP contribution < -0.4 is 5.48 Å². The van der Waals surface area contributed by atoms with E-state index in [1.165, 1.54) is 16.7 Å². The molecule has 0 amide bonds. The maximum atomic E-state index is 10.8. The predicted octanol–water partition coefficient (Wildman–Crippen LogP) is 4.32. The maximum absolute atomic E-state index is 10.8. The number of azo groups is 1. The Hall–Kier alpha value is -2.87. The van der Waals surface area contributed by atoms with Gasteiger partial charge in [0.25, 0.3) is 0 Å². The number of hydrogen-bond acceptors (Lipinski definition) is 6. The molecule has 7 heteroatoms. The maximum Gasteiger partial charge on any atom is 0.317 e. The second-order valence-electron chi connectivity index (χ2n) is 8.73. The molecule has 2 aliphatic heterocycles. The third kappa shape index (κ3) is 7.32. The van der Waals surface area contributed by atoms with Gasteiger partial charge in [0.2, 0.25) is 0 Å². The number of carboxylic acid groups (broad SMARTS) is 1. The molecular formula is C26H32N4O3. The molecule has 0 radical (unpaired) electrons. The number of hydrogen-bond donors (Lipinski definition) is 2. The summed E-state index contributed by atoms with van der Waals surface area (Å²) in [7, 11) is 0. The highest BCUT2D eigenvalue weighted by atomic mass is 16.7. The Kier molecular flexibility index (Phi) is 8.35. The van der Waals surface area contributed by atoms with Crippen LogP contribution in [-0.2, 0) is 22.6 Å². The first kappa shape index (κ1) is 23.3. The average Bonchev–Trinajstić information content (AvgIpc) is 3.29. The largest absolute Gasteiger partial charge is 0.480 e. The second-order valence-corrected chi connectivity index (χ2v) is 8.73. The summed E-state index contributed by atoms with van der Waals surface area (Å²) >= 11 is 0. The minimum Gasteiger partial charge on any atom is -0.480 e. The second kappa shape index (κ2) is 11.8. The van der Waals surface area contributed by atoms with Crippen molar-refractivity contribution in [2.75, 3.05) is 26.2 Å². The van der Waals surface area contributed by atoms with E-state index in [1.807, 2.05) is 23.1 Å². The highest BCUT2D eigenvalue weighted by Gasteiger charge is 2.28. The molecule has 0 aromatic heterocycles. The van der Waals surface area contributed by atoms with E-state index in [2.05, 4.69) is 58.2 Å². The lowest BCUT2D eigenvalue weighted by molar-refractivity contribution is -0.138. The van der Waals surface area contributed by atoms with Crippen LogP contribution in [0.4, 0.5) is 0 Å². The highest BCUT2D eigenvalue weighted by Crippen LogP contribution is 2.30. The van der Waals surface area contributed by atoms with Crippen LogP contribution in [0, 0.1) is 0 Å². The van der Waals surface area contributed by atoms with Gasteiger partial charge in [0.1, 0.15) is 0 Å². The average molecular weight is 449 g/mol. The Morgan fingerprint density at radius 1 is 1.09 bits per heavy atom. The van der Waals surface area contributed by atoms with E-state index >= 15 is 0 Å². The fourth-order valence-electron chi connectivity index (χ4n) is 4.31. The molecule has 33 heavy (non-hydrogen) atoms. The topological polar surface area (TPSA) is 86.5 Å². The van der Waals surface area contributed by atoms with E-state index in [4.69, 9.17) is 9.94 Å². The van der Waals surface area contributed by atoms with Gasteiger partial charge in [0.15, 0.2) is 0 Å². The van der Waals surface area contributed by atoms with Gasteiger partial charge in [-0.05, 0) is 42.4 Å². The van der Waals surface area contributed by atoms with Crippen molar-refractivity contribution in [2.45, 2.75) is 44.4 Å². The molecule has 0 saturated carbocycles. The molecule has 2 aliphatic rings. The number of carboxylic acids is 1. The number of hydroxylamine groups is 1. The molecule has 2 heterocycles. The standard InChI is InChI=1S/C26H32N4O3/c31-26(32)19-30-14-11-21(12-15-30)16-24-17-25(29-33-24)23-8-6-22(7-9-23)18-28-27-13-10-20-4-2-1-3-5-20/h1-9,11,24-25,29H,10,12-19H2,(H,31,32). The first-order chi connectivity index (χ1) is 16.2. The van der Waals surface area contributed by atoms with Crippen LogP contribution in [0.2, 0.25) is 0 Å². The SMILES string of the molecule is O=C(O)CN1CC=C(CC2CC(c3ccc(CN=NCCc4ccccc4)cc3)NO2)CC1. The lowest BCUT2D eigenvalue weighted by Gasteiger charge is -2.25. The summed E-state index contributed by atoms with van der Waals surface area (Å²) in [6, 6.07) is 19.0. The van der Waals surface area contributed by atoms with Gasteiger partial charge in [-0.25, -0.2) is 0 Å². The van der Waals surface area contributed by atoms with Crippen molar-refractivity contribution in [3.8, 4) is 0 Å². The van der Waals surface area contributed by atoms with Gasteiger partial charge in [-0.2, -0.15) is 15.7 Å². The molecule has 1 saturated heterocycles. The molecule has 2 aromatic carbocycles. The van der Waals surface area contributed by atoms with Crippen molar-refractivity contribution in [2.24, 2.45) is 10.2 Å². The van der Waals surface area contributed by atoms with Gasteiger partial charge < -0.3 is 5.11 Å². The summed E-state index contributed by atoms with van der Waals surface area (Å²) in [4.78, 5) is 18.6. The Morgan fingerprint density at radius 2 is 1.91 bits per heavy atom. The normalized spacial score (nSPS) is 21.4. The summed E-state index contributed by atoms with van der Waals surface area (Å²) in [6.45, 7) is 2.92. The lowest BCUT2D eigenvalue weighted by Crippen LogP contribution is -2.34. The van der Waals surface area contributed by atoms with Crippen LogP contribution in [0.25, 0.3) is 0 Å². The van der Waals surface area contributed by atoms with Crippen LogP contribution in [0.1, 0.15) is 42.0 Å². The van der Waals surface area contributed by atoms with Crippen LogP contribution in [0.15, 0.2) is 76.5 Å². The zero-order valence-corrected chi connectivity index (χ0v) is 18.9. The summed E-state index contributed by atoms with van der Waals surface area (Å²) in [5, 5.41) is 17.5. The molecule has 0 bridgehead atoms. The van der Waals surface area contributed by atoms with Crippen LogP contribution >= 0.6 is 0 Å². The van der Waals surface area contributed by atoms with Gasteiger partial charge in [-0.3, -0.25) is 14.5 Å². The fourth-order valence-corrected chi connectivity index (χ4v) is 4.31. The predicted molar refractivity (Wildman–Crippen MR) is 127 cm³/mol. The number of carbonyl (C=O) groups is 1. The number of rotatable bonds is 10. The Morgan fingerprint density at radius 3 is 2.64 bits per heavy atom. The van der Waals surface area contributed by atoms with Crippen molar-refractivity contribution in [3.05, 3.63) is 82.9 Å². The number of nitrogens with zero attached hydrogens (tertiary/aromatic N) is 3. The van der Waals surface area contributed by atoms with Gasteiger partial charge in [-0.15, -0.1) is 0 Å². The van der Waals surface area contributed by atoms with E-state index in [-0.39, 0.29) is 18.7 Å². The third-order valence-corrected chi connectivity index (χ3v) is 6.19. The van der Waals surface area contributed by atoms with Crippen LogP contribution in [0.3, 0.4) is 0 Å². The molecule has 174 valence electrons. The quantitative estimate of drug-likeness (QED) is 0.418. The molecule has 2 unspecified atom stereocenters. The molecule has 2 atom stereocenters. The molecular weight excluding hydrogens is 416 g/mol. The molecule has 1 fully saturated rings. The highest BCUT2D eigenvalue weighted by molar-refractivity contribution is 5.69. The van der Waals surface area contributed by atoms with Crippen molar-refractivity contribution < 1.29 is 14.7 Å². The Labute approximate surface area is 195 Å². The van der Waals surface area contributed by atoms with Crippen molar-refractivity contribution in [1.29, 1.82) is 0 Å². The zero-order chi connectivity index (χ0) is 22.9. The van der Waals surface area contributed by atoms with Gasteiger partial charge >= 0.3 is 5.97 Å². The van der Waals surface area contributed by atoms with E-state index < -0.39 is 5.97 Å². The fraction of sp³-hybridized carbons (Fsp3) is 0.423. The van der Waals surface area contributed by atoms with E-state index in [1.54, 1.807) is 0 Å². The van der Waals surface area contributed by atoms with Crippen LogP contribution in [0.5, 0.6) is 0 Å². The number of benzene rings is 2. The monoisotopic (exact) mass is 448 g/mol. The summed E-state index contributed by atoms with van der Waals surface area (Å²) in [6.07, 6.45) is 5.94. The number of nitrogens with one attached hydrogen (secondary N) is 1. The Balaban J connectivity index is 1.18. The minimum atomic E-state index is -0.768. The van der Waals surface area contributed by atoms with Crippen LogP contribution in [-0.4, -0.2) is 48.3 Å². The lowest BCUT2D eigenvalue weighted by atomic mass is 9.95. The molecule has 7 nitrogen and oxygen atoms in total. The van der Waals surface area contributed by atoms with Crippen molar-refractivity contribution >= 4 is 5.97 Å². The van der Waals surface area contributed by atoms with Crippen molar-refractivity contribution in [3.63, 3.8) is 0 Å². The Bertz CT molecular complexity index is 959. The van der Waals surface area contributed by atoms with E-state index in [0.717, 1.165) is 37.8 Å². The number of aliphatic carboxylic acids is 1. The molecule has 4 rings (SSSR count). The molecule has 2 N–H and O–H groups in total. The third-order valence-electron chi connectivity index (χ3n) is 6.19. The minimum absolute atomic E-state index is 0.110. The summed E-state index contributed by atoms with van der Waals surface area (Å²) in [5.74, 6) is -0.768. The van der Waals surface area contributed by atoms with Gasteiger partial charge in [0, 0.05) is 13.1 Å². The first-order valence-corrected chi connectivity index (χ1v) is 11.6. The van der Waals surface area contributed by atoms with Crippen molar-refractivity contribution in [1.82, 2.24) is 10.4 Å². The zero-order valence-electron chi connectivity index (χ0n) is 18.9. The summed E-state index contributed by atoms with van der Waals surface area (Å²) < 4.78 is 0. The molecule has 0 aliphatic carbocycles. The molecule has 2 aromatic rings. The van der Waals surface area contributed by atoms with Gasteiger partial charge in [0.05, 0.1) is 31.8 Å².